The highest BCUT2D eigenvalue weighted by atomic mass is 35.5. The Morgan fingerprint density at radius 3 is 2.61 bits per heavy atom. The molecule has 164 valence electrons. The Labute approximate surface area is 186 Å². The average Bonchev–Trinajstić information content (AvgIpc) is 3.14. The van der Waals surface area contributed by atoms with Crippen LogP contribution in [0.1, 0.15) is 37.7 Å². The Balaban J connectivity index is 1.81. The summed E-state index contributed by atoms with van der Waals surface area (Å²) >= 11 is 6.15. The first-order valence-corrected chi connectivity index (χ1v) is 10.4. The number of carbonyl (C=O) groups excluding carboxylic acids is 1. The molecule has 0 aliphatic rings. The zero-order valence-corrected chi connectivity index (χ0v) is 18.5. The van der Waals surface area contributed by atoms with Crippen molar-refractivity contribution in [3.8, 4) is 5.69 Å². The zero-order chi connectivity index (χ0) is 22.6. The molecule has 2 aromatic carbocycles. The third-order valence-corrected chi connectivity index (χ3v) is 5.00. The molecule has 0 atom stereocenters. The van der Waals surface area contributed by atoms with Gasteiger partial charge in [-0.05, 0) is 36.4 Å². The second-order valence-corrected chi connectivity index (χ2v) is 8.65. The molecule has 1 aromatic heterocycles. The van der Waals surface area contributed by atoms with Gasteiger partial charge in [-0.3, -0.25) is 0 Å². The largest absolute Gasteiger partial charge is 0.396 e. The molecule has 0 radical (unpaired) electrons. The number of urea groups is 1. The predicted octanol–water partition coefficient (Wildman–Crippen LogP) is 4.82. The number of hydrogen-bond acceptors (Lipinski definition) is 3. The normalized spacial score (nSPS) is 11.4. The minimum atomic E-state index is -0.485. The summed E-state index contributed by atoms with van der Waals surface area (Å²) in [6.45, 7) is 6.17. The van der Waals surface area contributed by atoms with Crippen LogP contribution in [0.15, 0.2) is 48.5 Å². The molecule has 0 saturated carbocycles. The quantitative estimate of drug-likeness (QED) is 0.510. The van der Waals surface area contributed by atoms with E-state index in [1.807, 2.05) is 18.2 Å². The fraction of sp³-hybridized carbons (Fsp3) is 0.304. The number of aromatic nitrogens is 2. The van der Waals surface area contributed by atoms with Crippen LogP contribution in [0.2, 0.25) is 5.02 Å². The van der Waals surface area contributed by atoms with Crippen LogP contribution in [0.25, 0.3) is 5.69 Å². The number of aliphatic hydroxyl groups excluding tert-OH is 1. The van der Waals surface area contributed by atoms with Crippen molar-refractivity contribution in [2.45, 2.75) is 39.2 Å². The van der Waals surface area contributed by atoms with Crippen LogP contribution >= 0.6 is 11.6 Å². The lowest BCUT2D eigenvalue weighted by Gasteiger charge is -2.14. The second-order valence-electron chi connectivity index (χ2n) is 8.21. The second kappa shape index (κ2) is 9.49. The van der Waals surface area contributed by atoms with Crippen LogP contribution in [0, 0.1) is 5.82 Å². The van der Waals surface area contributed by atoms with E-state index < -0.39 is 11.8 Å². The summed E-state index contributed by atoms with van der Waals surface area (Å²) in [6.07, 6.45) is 0.110. The van der Waals surface area contributed by atoms with Crippen LogP contribution in [-0.4, -0.2) is 27.5 Å². The molecule has 8 heteroatoms. The summed E-state index contributed by atoms with van der Waals surface area (Å²) in [7, 11) is 0. The Kier molecular flexibility index (Phi) is 6.97. The minimum Gasteiger partial charge on any atom is -0.396 e. The van der Waals surface area contributed by atoms with Gasteiger partial charge < -0.3 is 15.7 Å². The lowest BCUT2D eigenvalue weighted by molar-refractivity contribution is 0.251. The van der Waals surface area contributed by atoms with Crippen LogP contribution < -0.4 is 10.6 Å². The summed E-state index contributed by atoms with van der Waals surface area (Å²) in [5.74, 6) is -0.472. The van der Waals surface area contributed by atoms with Crippen molar-refractivity contribution in [2.75, 3.05) is 11.9 Å². The van der Waals surface area contributed by atoms with Gasteiger partial charge in [0.05, 0.1) is 23.6 Å². The lowest BCUT2D eigenvalue weighted by atomic mass is 9.92. The summed E-state index contributed by atoms with van der Waals surface area (Å²) in [6, 6.07) is 13.2. The molecule has 3 aromatic rings. The number of halogens is 2. The van der Waals surface area contributed by atoms with Crippen molar-refractivity contribution >= 4 is 23.3 Å². The first-order chi connectivity index (χ1) is 14.7. The number of anilines is 1. The summed E-state index contributed by atoms with van der Waals surface area (Å²) < 4.78 is 15.8. The van der Waals surface area contributed by atoms with Crippen molar-refractivity contribution in [3.63, 3.8) is 0 Å². The molecule has 0 spiro atoms. The molecule has 0 fully saturated rings. The van der Waals surface area contributed by atoms with E-state index >= 15 is 0 Å². The molecule has 0 aliphatic heterocycles. The minimum absolute atomic E-state index is 0.110. The molecule has 3 rings (SSSR count). The maximum absolute atomic E-state index is 14.0. The topological polar surface area (TPSA) is 79.2 Å². The van der Waals surface area contributed by atoms with Gasteiger partial charge in [0.25, 0.3) is 0 Å². The van der Waals surface area contributed by atoms with Crippen LogP contribution in [0.4, 0.5) is 14.9 Å². The Bertz CT molecular complexity index is 1080. The summed E-state index contributed by atoms with van der Waals surface area (Å²) in [5, 5.41) is 19.9. The highest BCUT2D eigenvalue weighted by Gasteiger charge is 2.21. The monoisotopic (exact) mass is 444 g/mol. The van der Waals surface area contributed by atoms with Gasteiger partial charge in [0.15, 0.2) is 0 Å². The van der Waals surface area contributed by atoms with Gasteiger partial charge >= 0.3 is 6.03 Å². The van der Waals surface area contributed by atoms with E-state index in [1.54, 1.807) is 22.9 Å². The van der Waals surface area contributed by atoms with E-state index in [2.05, 4.69) is 31.4 Å². The van der Waals surface area contributed by atoms with Gasteiger partial charge in [0.1, 0.15) is 5.82 Å². The van der Waals surface area contributed by atoms with E-state index in [4.69, 9.17) is 21.8 Å². The van der Waals surface area contributed by atoms with Gasteiger partial charge in [0.2, 0.25) is 0 Å². The average molecular weight is 445 g/mol. The Hall–Kier alpha value is -2.90. The first-order valence-electron chi connectivity index (χ1n) is 9.97. The molecule has 3 N–H and O–H groups in total. The molecule has 0 saturated heterocycles. The van der Waals surface area contributed by atoms with Gasteiger partial charge in [-0.15, -0.1) is 0 Å². The number of aliphatic hydroxyl groups is 1. The standard InChI is InChI=1S/C23H26ClFN4O2/c1-23(2,3)21-13-17(29(28-21)16-7-4-6-15(24)12-16)14-26-22(31)27-20-9-5-8-19(25)18(20)10-11-30/h4-9,12-13,30H,10-11,14H2,1-3H3,(H2,26,27,31). The van der Waals surface area contributed by atoms with Crippen molar-refractivity contribution in [2.24, 2.45) is 0 Å². The maximum atomic E-state index is 14.0. The highest BCUT2D eigenvalue weighted by Crippen LogP contribution is 2.25. The molecule has 6 nitrogen and oxygen atoms in total. The maximum Gasteiger partial charge on any atom is 0.319 e. The molecule has 0 bridgehead atoms. The number of carbonyl (C=O) groups is 1. The number of benzene rings is 2. The van der Waals surface area contributed by atoms with E-state index in [0.29, 0.717) is 10.7 Å². The molecule has 2 amide bonds. The summed E-state index contributed by atoms with van der Waals surface area (Å²) in [5.41, 5.74) is 2.85. The van der Waals surface area contributed by atoms with Crippen LogP contribution in [-0.2, 0) is 18.4 Å². The molecule has 0 aliphatic carbocycles. The van der Waals surface area contributed by atoms with Crippen LogP contribution in [0.3, 0.4) is 0 Å². The molecule has 1 heterocycles. The van der Waals surface area contributed by atoms with E-state index in [1.165, 1.54) is 12.1 Å². The SMILES string of the molecule is CC(C)(C)c1cc(CNC(=O)Nc2cccc(F)c2CCO)n(-c2cccc(Cl)c2)n1. The summed E-state index contributed by atoms with van der Waals surface area (Å²) in [4.78, 5) is 12.5. The molecule has 31 heavy (non-hydrogen) atoms. The number of hydrogen-bond donors (Lipinski definition) is 3. The van der Waals surface area contributed by atoms with Gasteiger partial charge in [-0.25, -0.2) is 13.9 Å². The van der Waals surface area contributed by atoms with Crippen molar-refractivity contribution in [3.05, 3.63) is 76.3 Å². The fourth-order valence-electron chi connectivity index (χ4n) is 3.12. The van der Waals surface area contributed by atoms with Gasteiger partial charge in [0, 0.05) is 34.7 Å². The molecular weight excluding hydrogens is 419 g/mol. The Morgan fingerprint density at radius 1 is 1.19 bits per heavy atom. The van der Waals surface area contributed by atoms with E-state index in [-0.39, 0.29) is 30.6 Å². The number of nitrogens with one attached hydrogen (secondary N) is 2. The zero-order valence-electron chi connectivity index (χ0n) is 17.7. The Morgan fingerprint density at radius 2 is 1.94 bits per heavy atom. The van der Waals surface area contributed by atoms with Crippen molar-refractivity contribution < 1.29 is 14.3 Å². The van der Waals surface area contributed by atoms with Crippen LogP contribution in [0.5, 0.6) is 0 Å². The van der Waals surface area contributed by atoms with Gasteiger partial charge in [-0.2, -0.15) is 5.10 Å². The van der Waals surface area contributed by atoms with Crippen molar-refractivity contribution in [1.82, 2.24) is 15.1 Å². The lowest BCUT2D eigenvalue weighted by Crippen LogP contribution is -2.29. The molecular formula is C23H26ClFN4O2. The first kappa shape index (κ1) is 22.8. The number of nitrogens with zero attached hydrogens (tertiary/aromatic N) is 2. The number of rotatable bonds is 6. The smallest absolute Gasteiger partial charge is 0.319 e. The predicted molar refractivity (Wildman–Crippen MR) is 120 cm³/mol. The third kappa shape index (κ3) is 5.62. The fourth-order valence-corrected chi connectivity index (χ4v) is 3.31. The third-order valence-electron chi connectivity index (χ3n) is 4.76. The highest BCUT2D eigenvalue weighted by molar-refractivity contribution is 6.30. The van der Waals surface area contributed by atoms with Crippen molar-refractivity contribution in [1.29, 1.82) is 0 Å². The van der Waals surface area contributed by atoms with E-state index in [9.17, 15) is 9.18 Å². The number of amides is 2. The van der Waals surface area contributed by atoms with E-state index in [0.717, 1.165) is 17.1 Å². The van der Waals surface area contributed by atoms with Gasteiger partial charge in [-0.1, -0.05) is 44.5 Å². The molecule has 0 unspecified atom stereocenters.